The maximum atomic E-state index is 13.4. The van der Waals surface area contributed by atoms with Crippen LogP contribution in [0.4, 0.5) is 0 Å². The zero-order valence-electron chi connectivity index (χ0n) is 21.9. The van der Waals surface area contributed by atoms with Crippen molar-refractivity contribution < 1.29 is 21.6 Å². The van der Waals surface area contributed by atoms with Gasteiger partial charge in [-0.25, -0.2) is 16.8 Å². The highest BCUT2D eigenvalue weighted by molar-refractivity contribution is 7.89. The van der Waals surface area contributed by atoms with E-state index < -0.39 is 26.0 Å². The van der Waals surface area contributed by atoms with Crippen molar-refractivity contribution >= 4 is 26.0 Å². The Kier molecular flexibility index (Phi) is 8.42. The molecule has 10 heteroatoms. The van der Waals surface area contributed by atoms with Crippen molar-refractivity contribution in [2.45, 2.75) is 62.7 Å². The molecule has 0 saturated carbocycles. The maximum Gasteiger partial charge on any atom is 0.243 e. The molecule has 8 nitrogen and oxygen atoms in total. The summed E-state index contributed by atoms with van der Waals surface area (Å²) in [5, 5.41) is 2.95. The van der Waals surface area contributed by atoms with Crippen LogP contribution in [0, 0.1) is 26.7 Å². The molecule has 2 saturated heterocycles. The fourth-order valence-corrected chi connectivity index (χ4v) is 8.91. The van der Waals surface area contributed by atoms with Crippen LogP contribution in [0.15, 0.2) is 46.2 Å². The van der Waals surface area contributed by atoms with Gasteiger partial charge in [-0.2, -0.15) is 8.61 Å². The fraction of sp³-hybridized carbons (Fsp3) is 0.519. The molecule has 4 rings (SSSR count). The third-order valence-electron chi connectivity index (χ3n) is 7.30. The summed E-state index contributed by atoms with van der Waals surface area (Å²) in [6.07, 6.45) is 3.63. The predicted octanol–water partition coefficient (Wildman–Crippen LogP) is 3.16. The number of carbonyl (C=O) groups is 1. The predicted molar refractivity (Wildman–Crippen MR) is 143 cm³/mol. The lowest BCUT2D eigenvalue weighted by atomic mass is 9.99. The Morgan fingerprint density at radius 3 is 2.08 bits per heavy atom. The molecule has 202 valence electrons. The summed E-state index contributed by atoms with van der Waals surface area (Å²) in [6, 6.07) is 10.6. The Morgan fingerprint density at radius 2 is 1.46 bits per heavy atom. The minimum absolute atomic E-state index is 0.148. The highest BCUT2D eigenvalue weighted by atomic mass is 32.2. The minimum Gasteiger partial charge on any atom is -0.355 e. The number of rotatable bonds is 8. The number of carbonyl (C=O) groups excluding carboxylic acids is 1. The normalized spacial score (nSPS) is 19.7. The summed E-state index contributed by atoms with van der Waals surface area (Å²) in [5.74, 6) is -0.548. The highest BCUT2D eigenvalue weighted by Crippen LogP contribution is 2.29. The van der Waals surface area contributed by atoms with Gasteiger partial charge in [0.2, 0.25) is 26.0 Å². The first kappa shape index (κ1) is 27.8. The van der Waals surface area contributed by atoms with Crippen LogP contribution in [0.3, 0.4) is 0 Å². The SMILES string of the molecule is Cc1cc(C)c(S(=O)(=O)N2CCCC(C(=O)NCCc3ccc(S(=O)(=O)N4CCCC4)cc3)C2)c(C)c1. The molecule has 2 heterocycles. The summed E-state index contributed by atoms with van der Waals surface area (Å²) < 4.78 is 55.2. The molecule has 1 N–H and O–H groups in total. The molecule has 2 aromatic rings. The van der Waals surface area contributed by atoms with Gasteiger partial charge in [0.1, 0.15) is 0 Å². The third kappa shape index (κ3) is 6.08. The van der Waals surface area contributed by atoms with Gasteiger partial charge in [0, 0.05) is 32.7 Å². The van der Waals surface area contributed by atoms with E-state index >= 15 is 0 Å². The minimum atomic E-state index is -3.69. The van der Waals surface area contributed by atoms with E-state index in [1.807, 2.05) is 32.9 Å². The lowest BCUT2D eigenvalue weighted by Gasteiger charge is -2.32. The molecule has 0 bridgehead atoms. The number of benzene rings is 2. The number of aryl methyl sites for hydroxylation is 3. The van der Waals surface area contributed by atoms with Crippen molar-refractivity contribution in [3.05, 3.63) is 58.7 Å². The van der Waals surface area contributed by atoms with Crippen LogP contribution >= 0.6 is 0 Å². The molecule has 1 unspecified atom stereocenters. The summed E-state index contributed by atoms with van der Waals surface area (Å²) >= 11 is 0. The van der Waals surface area contributed by atoms with Crippen molar-refractivity contribution in [1.29, 1.82) is 0 Å². The largest absolute Gasteiger partial charge is 0.355 e. The zero-order chi connectivity index (χ0) is 26.8. The van der Waals surface area contributed by atoms with Crippen LogP contribution in [-0.2, 0) is 31.3 Å². The van der Waals surface area contributed by atoms with Crippen molar-refractivity contribution in [3.63, 3.8) is 0 Å². The topological polar surface area (TPSA) is 104 Å². The van der Waals surface area contributed by atoms with Gasteiger partial charge in [-0.1, -0.05) is 29.8 Å². The number of hydrogen-bond donors (Lipinski definition) is 1. The molecule has 2 aliphatic rings. The number of piperidine rings is 1. The van der Waals surface area contributed by atoms with E-state index in [4.69, 9.17) is 0 Å². The average Bonchev–Trinajstić information content (AvgIpc) is 3.40. The molecule has 2 aromatic carbocycles. The van der Waals surface area contributed by atoms with Gasteiger partial charge in [-0.15, -0.1) is 0 Å². The van der Waals surface area contributed by atoms with Crippen molar-refractivity contribution in [2.75, 3.05) is 32.7 Å². The molecule has 0 aliphatic carbocycles. The van der Waals surface area contributed by atoms with E-state index in [1.54, 1.807) is 24.3 Å². The van der Waals surface area contributed by atoms with Gasteiger partial charge in [-0.05, 0) is 81.7 Å². The Hall–Kier alpha value is -2.27. The van der Waals surface area contributed by atoms with Crippen molar-refractivity contribution in [2.24, 2.45) is 5.92 Å². The van der Waals surface area contributed by atoms with Gasteiger partial charge < -0.3 is 5.32 Å². The lowest BCUT2D eigenvalue weighted by Crippen LogP contribution is -2.46. The molecule has 37 heavy (non-hydrogen) atoms. The van der Waals surface area contributed by atoms with E-state index in [1.165, 1.54) is 8.61 Å². The fourth-order valence-electron chi connectivity index (χ4n) is 5.46. The van der Waals surface area contributed by atoms with Gasteiger partial charge in [-0.3, -0.25) is 4.79 Å². The van der Waals surface area contributed by atoms with E-state index in [0.29, 0.717) is 55.2 Å². The zero-order valence-corrected chi connectivity index (χ0v) is 23.5. The van der Waals surface area contributed by atoms with Crippen LogP contribution in [-0.4, -0.2) is 64.1 Å². The monoisotopic (exact) mass is 547 g/mol. The van der Waals surface area contributed by atoms with Gasteiger partial charge >= 0.3 is 0 Å². The summed E-state index contributed by atoms with van der Waals surface area (Å²) in [5.41, 5.74) is 3.40. The quantitative estimate of drug-likeness (QED) is 0.547. The standard InChI is InChI=1S/C27H37N3O5S2/c1-20-17-21(2)26(22(3)18-20)37(34,35)30-16-6-7-24(19-30)27(31)28-13-12-23-8-10-25(11-9-23)36(32,33)29-14-4-5-15-29/h8-11,17-18,24H,4-7,12-16,19H2,1-3H3,(H,28,31). The number of hydrogen-bond acceptors (Lipinski definition) is 5. The number of nitrogens with one attached hydrogen (secondary N) is 1. The van der Waals surface area contributed by atoms with E-state index in [-0.39, 0.29) is 12.5 Å². The van der Waals surface area contributed by atoms with Gasteiger partial charge in [0.15, 0.2) is 0 Å². The molecule has 2 fully saturated rings. The first-order valence-corrected chi connectivity index (χ1v) is 15.8. The first-order chi connectivity index (χ1) is 17.5. The summed E-state index contributed by atoms with van der Waals surface area (Å²) in [6.45, 7) is 7.69. The van der Waals surface area contributed by atoms with Crippen LogP contribution in [0.5, 0.6) is 0 Å². The highest BCUT2D eigenvalue weighted by Gasteiger charge is 2.35. The molecular weight excluding hydrogens is 510 g/mol. The first-order valence-electron chi connectivity index (χ1n) is 12.9. The number of sulfonamides is 2. The van der Waals surface area contributed by atoms with Crippen LogP contribution in [0.25, 0.3) is 0 Å². The van der Waals surface area contributed by atoms with Gasteiger partial charge in [0.05, 0.1) is 15.7 Å². The van der Waals surface area contributed by atoms with Crippen LogP contribution in [0.1, 0.15) is 47.9 Å². The smallest absolute Gasteiger partial charge is 0.243 e. The number of nitrogens with zero attached hydrogens (tertiary/aromatic N) is 2. The van der Waals surface area contributed by atoms with E-state index in [2.05, 4.69) is 5.32 Å². The van der Waals surface area contributed by atoms with Crippen molar-refractivity contribution in [3.8, 4) is 0 Å². The third-order valence-corrected chi connectivity index (χ3v) is 11.4. The summed E-state index contributed by atoms with van der Waals surface area (Å²) in [4.78, 5) is 13.5. The molecule has 2 aliphatic heterocycles. The second kappa shape index (κ2) is 11.2. The Morgan fingerprint density at radius 1 is 0.865 bits per heavy atom. The Bertz CT molecular complexity index is 1330. The maximum absolute atomic E-state index is 13.4. The second-order valence-electron chi connectivity index (χ2n) is 10.2. The molecule has 1 amide bonds. The van der Waals surface area contributed by atoms with Crippen LogP contribution in [0.2, 0.25) is 0 Å². The summed E-state index contributed by atoms with van der Waals surface area (Å²) in [7, 11) is -7.13. The van der Waals surface area contributed by atoms with Crippen LogP contribution < -0.4 is 5.32 Å². The van der Waals surface area contributed by atoms with E-state index in [9.17, 15) is 21.6 Å². The second-order valence-corrected chi connectivity index (χ2v) is 14.0. The molecule has 0 aromatic heterocycles. The molecule has 1 atom stereocenters. The van der Waals surface area contributed by atoms with Crippen molar-refractivity contribution in [1.82, 2.24) is 13.9 Å². The number of amides is 1. The van der Waals surface area contributed by atoms with Gasteiger partial charge in [0.25, 0.3) is 0 Å². The molecule has 0 radical (unpaired) electrons. The Balaban J connectivity index is 1.33. The average molecular weight is 548 g/mol. The Labute approximate surface area is 221 Å². The molecular formula is C27H37N3O5S2. The van der Waals surface area contributed by atoms with E-state index in [0.717, 1.165) is 35.1 Å². The lowest BCUT2D eigenvalue weighted by molar-refractivity contribution is -0.126. The molecule has 0 spiro atoms.